The highest BCUT2D eigenvalue weighted by molar-refractivity contribution is 7.88. The molecule has 1 aliphatic carbocycles. The summed E-state index contributed by atoms with van der Waals surface area (Å²) in [5, 5.41) is 3.01. The largest absolute Gasteiger partial charge is 0.351 e. The minimum absolute atomic E-state index is 0.00617. The van der Waals surface area contributed by atoms with E-state index in [4.69, 9.17) is 0 Å². The zero-order valence-electron chi connectivity index (χ0n) is 15.7. The highest BCUT2D eigenvalue weighted by atomic mass is 32.2. The maximum absolute atomic E-state index is 12.8. The topological polar surface area (TPSA) is 75.3 Å². The van der Waals surface area contributed by atoms with E-state index in [1.54, 1.807) is 19.9 Å². The van der Waals surface area contributed by atoms with Gasteiger partial charge in [-0.1, -0.05) is 54.6 Å². The van der Waals surface area contributed by atoms with Crippen LogP contribution in [0.2, 0.25) is 0 Å². The van der Waals surface area contributed by atoms with E-state index < -0.39 is 15.4 Å². The molecule has 0 unspecified atom stereocenters. The van der Waals surface area contributed by atoms with E-state index in [0.717, 1.165) is 24.0 Å². The molecule has 1 amide bonds. The monoisotopic (exact) mass is 386 g/mol. The number of benzene rings is 2. The van der Waals surface area contributed by atoms with Crippen molar-refractivity contribution in [3.63, 3.8) is 0 Å². The summed E-state index contributed by atoms with van der Waals surface area (Å²) < 4.78 is 27.1. The van der Waals surface area contributed by atoms with Crippen molar-refractivity contribution in [1.29, 1.82) is 0 Å². The van der Waals surface area contributed by atoms with Crippen molar-refractivity contribution in [3.05, 3.63) is 71.3 Å². The molecule has 2 aromatic carbocycles. The Morgan fingerprint density at radius 3 is 2.19 bits per heavy atom. The summed E-state index contributed by atoms with van der Waals surface area (Å²) in [7, 11) is -3.42. The average molecular weight is 387 g/mol. The Morgan fingerprint density at radius 1 is 1.00 bits per heavy atom. The third kappa shape index (κ3) is 4.76. The van der Waals surface area contributed by atoms with Gasteiger partial charge in [0.05, 0.1) is 11.2 Å². The lowest BCUT2D eigenvalue weighted by Crippen LogP contribution is -2.35. The third-order valence-corrected chi connectivity index (χ3v) is 6.35. The molecule has 0 spiro atoms. The van der Waals surface area contributed by atoms with Gasteiger partial charge in [-0.25, -0.2) is 13.1 Å². The molecular formula is C21H26N2O3S. The van der Waals surface area contributed by atoms with Crippen LogP contribution in [-0.4, -0.2) is 20.4 Å². The fourth-order valence-corrected chi connectivity index (χ4v) is 4.84. The Morgan fingerprint density at radius 2 is 1.59 bits per heavy atom. The quantitative estimate of drug-likeness (QED) is 0.732. The number of hydrogen-bond acceptors (Lipinski definition) is 3. The van der Waals surface area contributed by atoms with Gasteiger partial charge >= 0.3 is 0 Å². The number of carbonyl (C=O) groups excluding carboxylic acids is 1. The van der Waals surface area contributed by atoms with Gasteiger partial charge in [-0.3, -0.25) is 4.79 Å². The van der Waals surface area contributed by atoms with Crippen molar-refractivity contribution in [1.82, 2.24) is 10.0 Å². The summed E-state index contributed by atoms with van der Waals surface area (Å²) >= 11 is 0. The van der Waals surface area contributed by atoms with Crippen LogP contribution in [0.4, 0.5) is 0 Å². The van der Waals surface area contributed by atoms with Crippen molar-refractivity contribution >= 4 is 15.9 Å². The molecule has 2 N–H and O–H groups in total. The predicted molar refractivity (Wildman–Crippen MR) is 107 cm³/mol. The van der Waals surface area contributed by atoms with Crippen LogP contribution >= 0.6 is 0 Å². The van der Waals surface area contributed by atoms with Crippen LogP contribution in [0.15, 0.2) is 54.6 Å². The summed E-state index contributed by atoms with van der Waals surface area (Å²) in [5.74, 6) is -0.0900. The maximum Gasteiger partial charge on any atom is 0.230 e. The minimum Gasteiger partial charge on any atom is -0.351 e. The number of sulfonamides is 1. The lowest BCUT2D eigenvalue weighted by molar-refractivity contribution is -0.123. The first-order valence-electron chi connectivity index (χ1n) is 9.23. The van der Waals surface area contributed by atoms with E-state index in [-0.39, 0.29) is 17.7 Å². The molecular weight excluding hydrogens is 360 g/mol. The molecule has 0 saturated heterocycles. The summed E-state index contributed by atoms with van der Waals surface area (Å²) in [5.41, 5.74) is 2.14. The fraction of sp³-hybridized carbons (Fsp3) is 0.381. The van der Waals surface area contributed by atoms with Gasteiger partial charge in [0, 0.05) is 12.6 Å². The first-order chi connectivity index (χ1) is 12.8. The normalized spacial score (nSPS) is 15.5. The van der Waals surface area contributed by atoms with Crippen molar-refractivity contribution in [2.75, 3.05) is 0 Å². The maximum atomic E-state index is 12.8. The summed E-state index contributed by atoms with van der Waals surface area (Å²) in [4.78, 5) is 12.8. The van der Waals surface area contributed by atoms with E-state index in [1.807, 2.05) is 48.5 Å². The summed E-state index contributed by atoms with van der Waals surface area (Å²) in [6.45, 7) is 3.91. The highest BCUT2D eigenvalue weighted by Gasteiger charge is 2.50. The zero-order chi connectivity index (χ0) is 19.5. The molecule has 0 atom stereocenters. The van der Waals surface area contributed by atoms with E-state index in [2.05, 4.69) is 10.0 Å². The van der Waals surface area contributed by atoms with Crippen molar-refractivity contribution < 1.29 is 13.2 Å². The van der Waals surface area contributed by atoms with Gasteiger partial charge in [-0.15, -0.1) is 0 Å². The lowest BCUT2D eigenvalue weighted by atomic mass is 9.95. The number of carbonyl (C=O) groups is 1. The van der Waals surface area contributed by atoms with Crippen molar-refractivity contribution in [2.45, 2.75) is 50.4 Å². The van der Waals surface area contributed by atoms with Gasteiger partial charge < -0.3 is 5.32 Å². The van der Waals surface area contributed by atoms with Gasteiger partial charge in [0.15, 0.2) is 0 Å². The van der Waals surface area contributed by atoms with Crippen LogP contribution in [0.3, 0.4) is 0 Å². The van der Waals surface area contributed by atoms with Crippen molar-refractivity contribution in [2.24, 2.45) is 0 Å². The van der Waals surface area contributed by atoms with E-state index in [1.165, 1.54) is 0 Å². The predicted octanol–water partition coefficient (Wildman–Crippen LogP) is 2.86. The van der Waals surface area contributed by atoms with Crippen LogP contribution in [0.1, 0.15) is 43.4 Å². The smallest absolute Gasteiger partial charge is 0.230 e. The van der Waals surface area contributed by atoms with Gasteiger partial charge in [0.2, 0.25) is 15.9 Å². The Bertz CT molecular complexity index is 904. The molecule has 1 fully saturated rings. The Balaban J connectivity index is 1.69. The van der Waals surface area contributed by atoms with Crippen LogP contribution < -0.4 is 10.0 Å². The Kier molecular flexibility index (Phi) is 5.67. The highest BCUT2D eigenvalue weighted by Crippen LogP contribution is 2.48. The molecule has 1 aliphatic rings. The second-order valence-corrected chi connectivity index (χ2v) is 9.19. The number of amides is 1. The average Bonchev–Trinajstić information content (AvgIpc) is 3.42. The molecule has 5 nitrogen and oxygen atoms in total. The molecule has 144 valence electrons. The second-order valence-electron chi connectivity index (χ2n) is 7.43. The second kappa shape index (κ2) is 7.82. The van der Waals surface area contributed by atoms with Crippen LogP contribution in [-0.2, 0) is 32.5 Å². The molecule has 27 heavy (non-hydrogen) atoms. The minimum atomic E-state index is -3.42. The summed E-state index contributed by atoms with van der Waals surface area (Å²) in [6.07, 6.45) is 1.69. The number of hydrogen-bond donors (Lipinski definition) is 2. The fourth-order valence-electron chi connectivity index (χ4n) is 3.35. The standard InChI is InChI=1S/C21H26N2O3S/c1-16(2)23-27(25,26)15-18-9-7-6-8-17(18)14-22-20(24)21(12-13-21)19-10-4-3-5-11-19/h3-11,16,23H,12-15H2,1-2H3,(H,22,24). The molecule has 0 aromatic heterocycles. The molecule has 1 saturated carbocycles. The van der Waals surface area contributed by atoms with E-state index in [9.17, 15) is 13.2 Å². The molecule has 0 bridgehead atoms. The molecule has 0 radical (unpaired) electrons. The van der Waals surface area contributed by atoms with Gasteiger partial charge in [-0.05, 0) is 43.4 Å². The van der Waals surface area contributed by atoms with Crippen LogP contribution in [0, 0.1) is 0 Å². The number of rotatable bonds is 8. The summed E-state index contributed by atoms with van der Waals surface area (Å²) in [6, 6.07) is 17.0. The Labute approximate surface area is 161 Å². The molecule has 0 heterocycles. The lowest BCUT2D eigenvalue weighted by Gasteiger charge is -2.17. The van der Waals surface area contributed by atoms with Crippen LogP contribution in [0.25, 0.3) is 0 Å². The van der Waals surface area contributed by atoms with Crippen molar-refractivity contribution in [3.8, 4) is 0 Å². The molecule has 2 aromatic rings. The van der Waals surface area contributed by atoms with E-state index >= 15 is 0 Å². The molecule has 0 aliphatic heterocycles. The first-order valence-corrected chi connectivity index (χ1v) is 10.9. The van der Waals surface area contributed by atoms with Gasteiger partial charge in [0.1, 0.15) is 0 Å². The first kappa shape index (κ1) is 19.6. The Hall–Kier alpha value is -2.18. The third-order valence-electron chi connectivity index (χ3n) is 4.83. The van der Waals surface area contributed by atoms with Gasteiger partial charge in [0.25, 0.3) is 0 Å². The van der Waals surface area contributed by atoms with Gasteiger partial charge in [-0.2, -0.15) is 0 Å². The number of nitrogens with one attached hydrogen (secondary N) is 2. The molecule has 6 heteroatoms. The molecule has 3 rings (SSSR count). The SMILES string of the molecule is CC(C)NS(=O)(=O)Cc1ccccc1CNC(=O)C1(c2ccccc2)CC1. The van der Waals surface area contributed by atoms with E-state index in [0.29, 0.717) is 12.1 Å². The van der Waals surface area contributed by atoms with Crippen LogP contribution in [0.5, 0.6) is 0 Å². The zero-order valence-corrected chi connectivity index (χ0v) is 16.6.